The third kappa shape index (κ3) is 4.76. The Morgan fingerprint density at radius 1 is 1.53 bits per heavy atom. The molecule has 1 unspecified atom stereocenters. The van der Waals surface area contributed by atoms with Gasteiger partial charge in [0.05, 0.1) is 4.47 Å². The predicted octanol–water partition coefficient (Wildman–Crippen LogP) is 3.88. The summed E-state index contributed by atoms with van der Waals surface area (Å²) in [5.41, 5.74) is 0.344. The first-order valence-electron chi connectivity index (χ1n) is 5.36. The Hall–Kier alpha value is -0.420. The van der Waals surface area contributed by atoms with Crippen LogP contribution in [-0.4, -0.2) is 17.3 Å². The number of amides is 1. The molecule has 1 N–H and O–H groups in total. The fraction of sp³-hybridized carbons (Fsp3) is 0.417. The van der Waals surface area contributed by atoms with Crippen LogP contribution in [0, 0.1) is 5.82 Å². The van der Waals surface area contributed by atoms with E-state index in [1.807, 2.05) is 6.92 Å². The smallest absolute Gasteiger partial charge is 0.251 e. The summed E-state index contributed by atoms with van der Waals surface area (Å²) in [7, 11) is 0. The lowest BCUT2D eigenvalue weighted by Gasteiger charge is -2.13. The highest BCUT2D eigenvalue weighted by molar-refractivity contribution is 9.10. The van der Waals surface area contributed by atoms with Gasteiger partial charge in [0.15, 0.2) is 0 Å². The fourth-order valence-corrected chi connectivity index (χ4v) is 1.97. The van der Waals surface area contributed by atoms with Gasteiger partial charge in [0.25, 0.3) is 5.91 Å². The van der Waals surface area contributed by atoms with Gasteiger partial charge >= 0.3 is 0 Å². The summed E-state index contributed by atoms with van der Waals surface area (Å²) in [6.07, 6.45) is 1.89. The zero-order chi connectivity index (χ0) is 12.8. The number of nitrogens with one attached hydrogen (secondary N) is 1. The topological polar surface area (TPSA) is 29.1 Å². The van der Waals surface area contributed by atoms with Crippen LogP contribution < -0.4 is 5.32 Å². The van der Waals surface area contributed by atoms with E-state index in [0.29, 0.717) is 10.0 Å². The third-order valence-electron chi connectivity index (χ3n) is 2.33. The molecule has 0 aliphatic carbocycles. The van der Waals surface area contributed by atoms with E-state index in [2.05, 4.69) is 37.2 Å². The summed E-state index contributed by atoms with van der Waals surface area (Å²) in [6.45, 7) is 1.94. The number of benzene rings is 1. The van der Waals surface area contributed by atoms with E-state index in [9.17, 15) is 9.18 Å². The molecule has 1 aromatic rings. The SMILES string of the molecule is CC(CCCBr)NC(=O)c1ccc(Br)c(F)c1. The highest BCUT2D eigenvalue weighted by atomic mass is 79.9. The molecule has 0 aliphatic rings. The zero-order valence-corrected chi connectivity index (χ0v) is 12.6. The first-order valence-corrected chi connectivity index (χ1v) is 7.28. The maximum absolute atomic E-state index is 13.2. The molecule has 1 atom stereocenters. The Bertz CT molecular complexity index is 398. The van der Waals surface area contributed by atoms with Gasteiger partial charge in [-0.15, -0.1) is 0 Å². The Balaban J connectivity index is 2.60. The largest absolute Gasteiger partial charge is 0.350 e. The van der Waals surface area contributed by atoms with E-state index in [0.717, 1.165) is 18.2 Å². The number of alkyl halides is 1. The lowest BCUT2D eigenvalue weighted by molar-refractivity contribution is 0.0938. The minimum atomic E-state index is -0.425. The molecule has 0 heterocycles. The van der Waals surface area contributed by atoms with Crippen LogP contribution in [0.25, 0.3) is 0 Å². The minimum Gasteiger partial charge on any atom is -0.350 e. The Kier molecular flexibility index (Phi) is 6.12. The molecule has 0 aliphatic heterocycles. The summed E-state index contributed by atoms with van der Waals surface area (Å²) in [4.78, 5) is 11.8. The Labute approximate surface area is 117 Å². The van der Waals surface area contributed by atoms with Crippen molar-refractivity contribution in [1.82, 2.24) is 5.32 Å². The average Bonchev–Trinajstić information content (AvgIpc) is 2.30. The molecule has 0 aromatic heterocycles. The molecule has 5 heteroatoms. The van der Waals surface area contributed by atoms with Gasteiger partial charge in [-0.3, -0.25) is 4.79 Å². The van der Waals surface area contributed by atoms with Gasteiger partial charge < -0.3 is 5.32 Å². The molecule has 1 rings (SSSR count). The molecule has 17 heavy (non-hydrogen) atoms. The summed E-state index contributed by atoms with van der Waals surface area (Å²) < 4.78 is 13.6. The molecule has 0 saturated heterocycles. The van der Waals surface area contributed by atoms with Gasteiger partial charge in [0.2, 0.25) is 0 Å². The van der Waals surface area contributed by atoms with Crippen molar-refractivity contribution < 1.29 is 9.18 Å². The quantitative estimate of drug-likeness (QED) is 0.787. The van der Waals surface area contributed by atoms with Crippen LogP contribution in [0.5, 0.6) is 0 Å². The minimum absolute atomic E-state index is 0.0896. The van der Waals surface area contributed by atoms with Crippen molar-refractivity contribution in [2.45, 2.75) is 25.8 Å². The first-order chi connectivity index (χ1) is 8.04. The van der Waals surface area contributed by atoms with E-state index in [1.54, 1.807) is 6.07 Å². The highest BCUT2D eigenvalue weighted by Gasteiger charge is 2.11. The molecule has 0 fully saturated rings. The lowest BCUT2D eigenvalue weighted by atomic mass is 10.1. The van der Waals surface area contributed by atoms with Crippen LogP contribution in [0.1, 0.15) is 30.1 Å². The van der Waals surface area contributed by atoms with Gasteiger partial charge in [-0.2, -0.15) is 0 Å². The molecule has 1 amide bonds. The number of hydrogen-bond donors (Lipinski definition) is 1. The number of hydrogen-bond acceptors (Lipinski definition) is 1. The van der Waals surface area contributed by atoms with Crippen LogP contribution >= 0.6 is 31.9 Å². The molecule has 0 bridgehead atoms. The predicted molar refractivity (Wildman–Crippen MR) is 74.1 cm³/mol. The van der Waals surface area contributed by atoms with Gasteiger partial charge in [-0.05, 0) is 53.9 Å². The fourth-order valence-electron chi connectivity index (χ4n) is 1.40. The number of rotatable bonds is 5. The van der Waals surface area contributed by atoms with Crippen LogP contribution in [0.3, 0.4) is 0 Å². The summed E-state index contributed by atoms with van der Waals surface area (Å²) in [5, 5.41) is 3.75. The second-order valence-corrected chi connectivity index (χ2v) is 5.48. The molecule has 94 valence electrons. The van der Waals surface area contributed by atoms with Crippen molar-refractivity contribution in [3.05, 3.63) is 34.1 Å². The maximum atomic E-state index is 13.2. The van der Waals surface area contributed by atoms with Crippen molar-refractivity contribution >= 4 is 37.8 Å². The molecular formula is C12H14Br2FNO. The van der Waals surface area contributed by atoms with Crippen molar-refractivity contribution in [3.8, 4) is 0 Å². The van der Waals surface area contributed by atoms with Crippen LogP contribution in [0.4, 0.5) is 4.39 Å². The van der Waals surface area contributed by atoms with Crippen molar-refractivity contribution in [2.75, 3.05) is 5.33 Å². The van der Waals surface area contributed by atoms with E-state index >= 15 is 0 Å². The van der Waals surface area contributed by atoms with E-state index < -0.39 is 5.82 Å². The van der Waals surface area contributed by atoms with E-state index in [-0.39, 0.29) is 11.9 Å². The van der Waals surface area contributed by atoms with Gasteiger partial charge in [0, 0.05) is 16.9 Å². The van der Waals surface area contributed by atoms with Crippen molar-refractivity contribution in [1.29, 1.82) is 0 Å². The van der Waals surface area contributed by atoms with Gasteiger partial charge in [0.1, 0.15) is 5.82 Å². The monoisotopic (exact) mass is 365 g/mol. The summed E-state index contributed by atoms with van der Waals surface area (Å²) in [5.74, 6) is -0.663. The second kappa shape index (κ2) is 7.11. The van der Waals surface area contributed by atoms with Crippen LogP contribution in [0.2, 0.25) is 0 Å². The van der Waals surface area contributed by atoms with Crippen LogP contribution in [0.15, 0.2) is 22.7 Å². The number of halogens is 3. The number of carbonyl (C=O) groups is 1. The first kappa shape index (κ1) is 14.6. The third-order valence-corrected chi connectivity index (χ3v) is 3.53. The highest BCUT2D eigenvalue weighted by Crippen LogP contribution is 2.16. The van der Waals surface area contributed by atoms with Gasteiger partial charge in [-0.25, -0.2) is 4.39 Å². The maximum Gasteiger partial charge on any atom is 0.251 e. The normalized spacial score (nSPS) is 12.2. The van der Waals surface area contributed by atoms with Gasteiger partial charge in [-0.1, -0.05) is 15.9 Å². The zero-order valence-electron chi connectivity index (χ0n) is 9.47. The van der Waals surface area contributed by atoms with E-state index in [4.69, 9.17) is 0 Å². The summed E-state index contributed by atoms with van der Waals surface area (Å²) >= 11 is 6.39. The lowest BCUT2D eigenvalue weighted by Crippen LogP contribution is -2.32. The average molecular weight is 367 g/mol. The molecule has 0 saturated carbocycles. The molecule has 0 radical (unpaired) electrons. The molecular weight excluding hydrogens is 353 g/mol. The summed E-state index contributed by atoms with van der Waals surface area (Å²) in [6, 6.07) is 4.45. The molecule has 1 aromatic carbocycles. The number of carbonyl (C=O) groups excluding carboxylic acids is 1. The van der Waals surface area contributed by atoms with Crippen molar-refractivity contribution in [3.63, 3.8) is 0 Å². The Morgan fingerprint density at radius 2 is 2.24 bits per heavy atom. The Morgan fingerprint density at radius 3 is 2.82 bits per heavy atom. The standard InChI is InChI=1S/C12H14Br2FNO/c1-8(3-2-6-13)16-12(17)9-4-5-10(14)11(15)7-9/h4-5,7-8H,2-3,6H2,1H3,(H,16,17). The van der Waals surface area contributed by atoms with Crippen LogP contribution in [-0.2, 0) is 0 Å². The van der Waals surface area contributed by atoms with E-state index in [1.165, 1.54) is 12.1 Å². The molecule has 2 nitrogen and oxygen atoms in total. The second-order valence-electron chi connectivity index (χ2n) is 3.83. The van der Waals surface area contributed by atoms with Crippen molar-refractivity contribution in [2.24, 2.45) is 0 Å². The molecule has 0 spiro atoms.